The summed E-state index contributed by atoms with van der Waals surface area (Å²) >= 11 is 5.93. The molecule has 0 aliphatic carbocycles. The van der Waals surface area contributed by atoms with E-state index in [1.54, 1.807) is 25.0 Å². The predicted octanol–water partition coefficient (Wildman–Crippen LogP) is 1.38. The van der Waals surface area contributed by atoms with Crippen LogP contribution in [-0.4, -0.2) is 90.5 Å². The van der Waals surface area contributed by atoms with Gasteiger partial charge in [0.1, 0.15) is 11.1 Å². The Morgan fingerprint density at radius 1 is 1.09 bits per heavy atom. The van der Waals surface area contributed by atoms with Crippen LogP contribution >= 0.6 is 11.6 Å². The number of rotatable bonds is 6. The molecule has 0 saturated carbocycles. The van der Waals surface area contributed by atoms with Crippen LogP contribution in [0.2, 0.25) is 0 Å². The average Bonchev–Trinajstić information content (AvgIpc) is 2.83. The van der Waals surface area contributed by atoms with E-state index in [-0.39, 0.29) is 11.5 Å². The van der Waals surface area contributed by atoms with Gasteiger partial charge in [0.05, 0.1) is 18.5 Å². The van der Waals surface area contributed by atoms with Crippen LogP contribution in [0, 0.1) is 0 Å². The van der Waals surface area contributed by atoms with Crippen molar-refractivity contribution < 1.29 is 9.53 Å². The van der Waals surface area contributed by atoms with Crippen molar-refractivity contribution >= 4 is 29.1 Å². The Balaban J connectivity index is 1.35. The molecule has 2 aromatic rings. The number of nitrogens with one attached hydrogen (secondary N) is 1. The Morgan fingerprint density at radius 3 is 2.42 bits per heavy atom. The molecule has 0 bridgehead atoms. The van der Waals surface area contributed by atoms with Gasteiger partial charge in [0, 0.05) is 65.0 Å². The topological polar surface area (TPSA) is 85.0 Å². The van der Waals surface area contributed by atoms with E-state index in [1.807, 2.05) is 23.1 Å². The number of carbonyl (C=O) groups is 1. The number of nitrogens with zero attached hydrogens (tertiary/aromatic N) is 5. The number of aromatic nitrogens is 2. The van der Waals surface area contributed by atoms with Gasteiger partial charge in [-0.3, -0.25) is 19.5 Å². The van der Waals surface area contributed by atoms with E-state index in [4.69, 9.17) is 21.3 Å². The molecule has 1 aromatic heterocycles. The molecule has 1 amide bonds. The second-order valence-electron chi connectivity index (χ2n) is 8.42. The van der Waals surface area contributed by atoms with E-state index in [1.165, 1.54) is 0 Å². The molecule has 10 heteroatoms. The highest BCUT2D eigenvalue weighted by Crippen LogP contribution is 2.28. The van der Waals surface area contributed by atoms with Crippen LogP contribution in [0.25, 0.3) is 0 Å². The molecule has 0 radical (unpaired) electrons. The van der Waals surface area contributed by atoms with Crippen molar-refractivity contribution in [2.75, 3.05) is 69.3 Å². The van der Waals surface area contributed by atoms with Gasteiger partial charge in [-0.1, -0.05) is 12.1 Å². The highest BCUT2D eigenvalue weighted by atomic mass is 35.5. The molecule has 2 aliphatic rings. The lowest BCUT2D eigenvalue weighted by atomic mass is 10.2. The number of methoxy groups -OCH3 is 1. The van der Waals surface area contributed by atoms with E-state index in [0.717, 1.165) is 43.3 Å². The van der Waals surface area contributed by atoms with Gasteiger partial charge in [0.2, 0.25) is 11.9 Å². The molecule has 1 N–H and O–H groups in total. The van der Waals surface area contributed by atoms with E-state index in [2.05, 4.69) is 20.9 Å². The lowest BCUT2D eigenvalue weighted by Gasteiger charge is -2.37. The molecule has 0 unspecified atom stereocenters. The summed E-state index contributed by atoms with van der Waals surface area (Å²) in [4.78, 5) is 40.4. The molecular formula is C23H31ClN6O3. The van der Waals surface area contributed by atoms with Gasteiger partial charge >= 0.3 is 0 Å². The number of hydrogen-bond acceptors (Lipinski definition) is 7. The van der Waals surface area contributed by atoms with Crippen molar-refractivity contribution in [3.63, 3.8) is 0 Å². The number of H-pyrrole nitrogens is 1. The second-order valence-corrected chi connectivity index (χ2v) is 9.08. The fourth-order valence-electron chi connectivity index (χ4n) is 4.38. The number of benzene rings is 1. The van der Waals surface area contributed by atoms with Crippen molar-refractivity contribution in [2.45, 2.75) is 18.8 Å². The van der Waals surface area contributed by atoms with E-state index in [0.29, 0.717) is 38.7 Å². The number of ether oxygens (including phenoxy) is 1. The van der Waals surface area contributed by atoms with Crippen molar-refractivity contribution in [2.24, 2.45) is 0 Å². The third-order valence-electron chi connectivity index (χ3n) is 6.20. The number of halogens is 1. The van der Waals surface area contributed by atoms with E-state index in [9.17, 15) is 9.59 Å². The highest BCUT2D eigenvalue weighted by Gasteiger charge is 2.25. The molecule has 2 aliphatic heterocycles. The van der Waals surface area contributed by atoms with Crippen LogP contribution in [0.3, 0.4) is 0 Å². The molecule has 9 nitrogen and oxygen atoms in total. The highest BCUT2D eigenvalue weighted by molar-refractivity contribution is 6.30. The summed E-state index contributed by atoms with van der Waals surface area (Å²) in [7, 11) is 1.70. The van der Waals surface area contributed by atoms with Crippen molar-refractivity contribution in [1.29, 1.82) is 0 Å². The SMILES string of the molecule is COc1ccccc1N1CCN(Cc2cc(=O)[nH]c(N3CCN(C(=O)[C@H](C)Cl)CC3)n2)CC1. The van der Waals surface area contributed by atoms with Gasteiger partial charge in [-0.2, -0.15) is 0 Å². The number of amides is 1. The molecular weight excluding hydrogens is 444 g/mol. The zero-order valence-corrected chi connectivity index (χ0v) is 19.9. The monoisotopic (exact) mass is 474 g/mol. The van der Waals surface area contributed by atoms with Gasteiger partial charge in [-0.15, -0.1) is 11.6 Å². The molecule has 2 saturated heterocycles. The fourth-order valence-corrected chi connectivity index (χ4v) is 4.52. The fraction of sp³-hybridized carbons (Fsp3) is 0.522. The number of hydrogen-bond donors (Lipinski definition) is 1. The van der Waals surface area contributed by atoms with Gasteiger partial charge in [-0.05, 0) is 19.1 Å². The first-order valence-electron chi connectivity index (χ1n) is 11.3. The quantitative estimate of drug-likeness (QED) is 0.633. The Hall–Kier alpha value is -2.78. The smallest absolute Gasteiger partial charge is 0.252 e. The largest absolute Gasteiger partial charge is 0.495 e. The third kappa shape index (κ3) is 5.59. The summed E-state index contributed by atoms with van der Waals surface area (Å²) in [5.74, 6) is 1.39. The molecule has 3 heterocycles. The van der Waals surface area contributed by atoms with Crippen LogP contribution in [0.15, 0.2) is 35.1 Å². The van der Waals surface area contributed by atoms with Crippen molar-refractivity contribution in [1.82, 2.24) is 19.8 Å². The van der Waals surface area contributed by atoms with E-state index < -0.39 is 5.38 Å². The number of aromatic amines is 1. The molecule has 0 spiro atoms. The van der Waals surface area contributed by atoms with Gasteiger partial charge in [0.25, 0.3) is 5.56 Å². The van der Waals surface area contributed by atoms with Crippen molar-refractivity contribution in [3.8, 4) is 5.75 Å². The Morgan fingerprint density at radius 2 is 1.76 bits per heavy atom. The third-order valence-corrected chi connectivity index (χ3v) is 6.38. The van der Waals surface area contributed by atoms with Gasteiger partial charge in [-0.25, -0.2) is 4.98 Å². The summed E-state index contributed by atoms with van der Waals surface area (Å²) in [6.07, 6.45) is 0. The number of para-hydroxylation sites is 2. The molecule has 1 atom stereocenters. The molecule has 33 heavy (non-hydrogen) atoms. The zero-order chi connectivity index (χ0) is 23.4. The predicted molar refractivity (Wildman–Crippen MR) is 129 cm³/mol. The van der Waals surface area contributed by atoms with Crippen LogP contribution in [0.4, 0.5) is 11.6 Å². The lowest BCUT2D eigenvalue weighted by molar-refractivity contribution is -0.130. The average molecular weight is 475 g/mol. The first-order chi connectivity index (χ1) is 15.9. The first kappa shape index (κ1) is 23.4. The number of carbonyl (C=O) groups excluding carboxylic acids is 1. The van der Waals surface area contributed by atoms with Crippen LogP contribution < -0.4 is 20.1 Å². The van der Waals surface area contributed by atoms with Crippen molar-refractivity contribution in [3.05, 3.63) is 46.4 Å². The van der Waals surface area contributed by atoms with Gasteiger partial charge in [0.15, 0.2) is 0 Å². The molecule has 178 valence electrons. The van der Waals surface area contributed by atoms with Crippen LogP contribution in [-0.2, 0) is 11.3 Å². The van der Waals surface area contributed by atoms with Crippen LogP contribution in [0.5, 0.6) is 5.75 Å². The maximum absolute atomic E-state index is 12.3. The Bertz CT molecular complexity index is 1010. The van der Waals surface area contributed by atoms with Crippen LogP contribution in [0.1, 0.15) is 12.6 Å². The second kappa shape index (κ2) is 10.4. The lowest BCUT2D eigenvalue weighted by Crippen LogP contribution is -2.51. The molecule has 4 rings (SSSR count). The summed E-state index contributed by atoms with van der Waals surface area (Å²) in [5.41, 5.74) is 1.71. The number of anilines is 2. The molecule has 1 aromatic carbocycles. The molecule has 2 fully saturated rings. The summed E-state index contributed by atoms with van der Waals surface area (Å²) in [6.45, 7) is 8.17. The van der Waals surface area contributed by atoms with Gasteiger partial charge < -0.3 is 19.4 Å². The number of alkyl halides is 1. The minimum Gasteiger partial charge on any atom is -0.495 e. The zero-order valence-electron chi connectivity index (χ0n) is 19.2. The summed E-state index contributed by atoms with van der Waals surface area (Å²) in [5, 5.41) is -0.527. The summed E-state index contributed by atoms with van der Waals surface area (Å²) in [6, 6.07) is 9.64. The number of piperazine rings is 2. The first-order valence-corrected chi connectivity index (χ1v) is 11.8. The maximum atomic E-state index is 12.3. The Labute approximate surface area is 198 Å². The standard InChI is InChI=1S/C23H31ClN6O3/c1-17(24)22(32)29-11-13-30(14-12-29)23-25-18(15-21(31)26-23)16-27-7-9-28(10-8-27)19-5-3-4-6-20(19)33-2/h3-6,15,17H,7-14,16H2,1-2H3,(H,25,26,31)/t17-/m0/s1. The van der Waals surface area contributed by atoms with E-state index >= 15 is 0 Å². The minimum absolute atomic E-state index is 0.0567. The minimum atomic E-state index is -0.527. The maximum Gasteiger partial charge on any atom is 0.252 e. The normalized spacial score (nSPS) is 18.3. The summed E-state index contributed by atoms with van der Waals surface area (Å²) < 4.78 is 5.50. The Kier molecular flexibility index (Phi) is 7.39.